The first-order chi connectivity index (χ1) is 18.2. The first-order valence-electron chi connectivity index (χ1n) is 14.6. The van der Waals surface area contributed by atoms with Crippen LogP contribution < -0.4 is 0 Å². The minimum Gasteiger partial charge on any atom is -0.303 e. The third-order valence-electron chi connectivity index (χ3n) is 9.45. The molecule has 0 spiro atoms. The standard InChI is InChI=1S/C31H43F3N4/c1-23-8-14-37(21-23)15-11-26-5-7-28(24(2)18-26)29-20-35-27(19-36-29)6-4-25-9-16-38(17-10-25)22-30(12-3-13-30)31(32,33)34/h5,7,18-20,23,25H,3-4,6,8-17,21-22H2,1-2H3. The third-order valence-corrected chi connectivity index (χ3v) is 9.45. The molecule has 0 amide bonds. The summed E-state index contributed by atoms with van der Waals surface area (Å²) in [7, 11) is 0. The van der Waals surface area contributed by atoms with Gasteiger partial charge in [-0.05, 0) is 101 Å². The van der Waals surface area contributed by atoms with Gasteiger partial charge in [-0.25, -0.2) is 0 Å². The van der Waals surface area contributed by atoms with E-state index < -0.39 is 11.6 Å². The highest BCUT2D eigenvalue weighted by atomic mass is 19.4. The molecule has 0 N–H and O–H groups in total. The highest BCUT2D eigenvalue weighted by Gasteiger charge is 2.58. The fraction of sp³-hybridized carbons (Fsp3) is 0.677. The van der Waals surface area contributed by atoms with Crippen LogP contribution in [0.3, 0.4) is 0 Å². The number of aryl methyl sites for hydroxylation is 2. The van der Waals surface area contributed by atoms with Gasteiger partial charge in [-0.1, -0.05) is 31.5 Å². The number of rotatable bonds is 9. The molecule has 2 aliphatic heterocycles. The Bertz CT molecular complexity index is 1060. The molecule has 2 saturated heterocycles. The van der Waals surface area contributed by atoms with Gasteiger partial charge in [0.2, 0.25) is 0 Å². The lowest BCUT2D eigenvalue weighted by Gasteiger charge is -2.47. The van der Waals surface area contributed by atoms with Gasteiger partial charge in [-0.2, -0.15) is 13.2 Å². The largest absolute Gasteiger partial charge is 0.395 e. The van der Waals surface area contributed by atoms with Gasteiger partial charge in [-0.15, -0.1) is 0 Å². The number of likely N-dealkylation sites (tertiary alicyclic amines) is 2. The molecule has 4 nitrogen and oxygen atoms in total. The van der Waals surface area contributed by atoms with Crippen molar-refractivity contribution in [3.8, 4) is 11.3 Å². The summed E-state index contributed by atoms with van der Waals surface area (Å²) in [5.41, 5.74) is 4.22. The van der Waals surface area contributed by atoms with Crippen LogP contribution in [0.5, 0.6) is 0 Å². The zero-order valence-corrected chi connectivity index (χ0v) is 23.1. The van der Waals surface area contributed by atoms with E-state index in [2.05, 4.69) is 41.8 Å². The number of hydrogen-bond acceptors (Lipinski definition) is 4. The first-order valence-corrected chi connectivity index (χ1v) is 14.6. The number of alkyl halides is 3. The summed E-state index contributed by atoms with van der Waals surface area (Å²) in [4.78, 5) is 14.1. The first kappa shape index (κ1) is 27.6. The van der Waals surface area contributed by atoms with Gasteiger partial charge in [0.1, 0.15) is 0 Å². The fourth-order valence-corrected chi connectivity index (χ4v) is 6.66. The summed E-state index contributed by atoms with van der Waals surface area (Å²) in [5, 5.41) is 0. The molecule has 1 aromatic carbocycles. The van der Waals surface area contributed by atoms with Crippen molar-refractivity contribution in [3.63, 3.8) is 0 Å². The van der Waals surface area contributed by atoms with Gasteiger partial charge >= 0.3 is 6.18 Å². The average molecular weight is 529 g/mol. The Morgan fingerprint density at radius 3 is 2.32 bits per heavy atom. The molecule has 208 valence electrons. The quantitative estimate of drug-likeness (QED) is 0.362. The second-order valence-electron chi connectivity index (χ2n) is 12.4. The average Bonchev–Trinajstić information content (AvgIpc) is 3.29. The number of halogens is 3. The van der Waals surface area contributed by atoms with Crippen molar-refractivity contribution in [1.82, 2.24) is 19.8 Å². The Morgan fingerprint density at radius 2 is 1.74 bits per heavy atom. The fourth-order valence-electron chi connectivity index (χ4n) is 6.66. The van der Waals surface area contributed by atoms with E-state index in [1.165, 1.54) is 30.6 Å². The maximum absolute atomic E-state index is 13.5. The van der Waals surface area contributed by atoms with Gasteiger partial charge in [0.25, 0.3) is 0 Å². The summed E-state index contributed by atoms with van der Waals surface area (Å²) in [6.07, 6.45) is 7.27. The van der Waals surface area contributed by atoms with Crippen LogP contribution in [0, 0.1) is 24.2 Å². The van der Waals surface area contributed by atoms with Crippen LogP contribution in [-0.2, 0) is 12.8 Å². The van der Waals surface area contributed by atoms with Crippen molar-refractivity contribution in [2.24, 2.45) is 17.3 Å². The molecule has 1 unspecified atom stereocenters. The van der Waals surface area contributed by atoms with Gasteiger partial charge in [-0.3, -0.25) is 9.97 Å². The Kier molecular flexibility index (Phi) is 8.44. The van der Waals surface area contributed by atoms with Crippen LogP contribution >= 0.6 is 0 Å². The van der Waals surface area contributed by atoms with Crippen molar-refractivity contribution < 1.29 is 13.2 Å². The molecule has 3 heterocycles. The normalized spacial score (nSPS) is 23.0. The molecule has 1 aromatic heterocycles. The molecule has 3 fully saturated rings. The van der Waals surface area contributed by atoms with Gasteiger partial charge in [0.15, 0.2) is 0 Å². The predicted octanol–water partition coefficient (Wildman–Crippen LogP) is 6.71. The Morgan fingerprint density at radius 1 is 0.974 bits per heavy atom. The van der Waals surface area contributed by atoms with E-state index in [-0.39, 0.29) is 6.54 Å². The summed E-state index contributed by atoms with van der Waals surface area (Å²) in [6, 6.07) is 6.70. The monoisotopic (exact) mass is 528 g/mol. The summed E-state index contributed by atoms with van der Waals surface area (Å²) < 4.78 is 40.6. The van der Waals surface area contributed by atoms with Crippen LogP contribution in [0.25, 0.3) is 11.3 Å². The van der Waals surface area contributed by atoms with E-state index in [9.17, 15) is 13.2 Å². The molecule has 1 saturated carbocycles. The smallest absolute Gasteiger partial charge is 0.303 e. The summed E-state index contributed by atoms with van der Waals surface area (Å²) in [5.74, 6) is 1.37. The number of benzene rings is 1. The van der Waals surface area contributed by atoms with Crippen molar-refractivity contribution in [2.45, 2.75) is 77.8 Å². The molecule has 1 atom stereocenters. The van der Waals surface area contributed by atoms with Crippen LogP contribution in [0.4, 0.5) is 13.2 Å². The van der Waals surface area contributed by atoms with E-state index in [0.29, 0.717) is 25.2 Å². The van der Waals surface area contributed by atoms with Crippen LogP contribution in [0.15, 0.2) is 30.6 Å². The maximum atomic E-state index is 13.5. The number of hydrogen-bond donors (Lipinski definition) is 0. The van der Waals surface area contributed by atoms with E-state index >= 15 is 0 Å². The zero-order valence-electron chi connectivity index (χ0n) is 23.1. The van der Waals surface area contributed by atoms with Crippen molar-refractivity contribution in [2.75, 3.05) is 39.3 Å². The lowest BCUT2D eigenvalue weighted by molar-refractivity contribution is -0.256. The number of nitrogens with zero attached hydrogens (tertiary/aromatic N) is 4. The molecule has 3 aliphatic rings. The molecule has 7 heteroatoms. The van der Waals surface area contributed by atoms with Gasteiger partial charge in [0.05, 0.1) is 23.0 Å². The minimum absolute atomic E-state index is 0.189. The molecular formula is C31H43F3N4. The molecule has 0 radical (unpaired) electrons. The highest BCUT2D eigenvalue weighted by molar-refractivity contribution is 5.63. The Balaban J connectivity index is 1.07. The molecule has 38 heavy (non-hydrogen) atoms. The molecular weight excluding hydrogens is 485 g/mol. The van der Waals surface area contributed by atoms with E-state index in [1.54, 1.807) is 0 Å². The molecule has 2 aromatic rings. The number of aromatic nitrogens is 2. The summed E-state index contributed by atoms with van der Waals surface area (Å²) >= 11 is 0. The van der Waals surface area contributed by atoms with Crippen LogP contribution in [-0.4, -0.2) is 65.2 Å². The Labute approximate surface area is 226 Å². The molecule has 5 rings (SSSR count). The van der Waals surface area contributed by atoms with Crippen molar-refractivity contribution >= 4 is 0 Å². The van der Waals surface area contributed by atoms with Gasteiger partial charge < -0.3 is 9.80 Å². The number of piperidine rings is 1. The lowest BCUT2D eigenvalue weighted by Crippen LogP contribution is -2.53. The third kappa shape index (κ3) is 6.41. The van der Waals surface area contributed by atoms with E-state index in [0.717, 1.165) is 74.6 Å². The van der Waals surface area contributed by atoms with Crippen LogP contribution in [0.1, 0.15) is 68.7 Å². The minimum atomic E-state index is -4.07. The van der Waals surface area contributed by atoms with Crippen molar-refractivity contribution in [3.05, 3.63) is 47.4 Å². The molecule has 1 aliphatic carbocycles. The van der Waals surface area contributed by atoms with E-state index in [1.807, 2.05) is 12.4 Å². The Hall–Kier alpha value is -1.99. The zero-order chi connectivity index (χ0) is 26.8. The maximum Gasteiger partial charge on any atom is 0.395 e. The highest BCUT2D eigenvalue weighted by Crippen LogP contribution is 2.53. The second-order valence-corrected chi connectivity index (χ2v) is 12.4. The summed E-state index contributed by atoms with van der Waals surface area (Å²) in [6.45, 7) is 9.81. The van der Waals surface area contributed by atoms with Crippen LogP contribution in [0.2, 0.25) is 0 Å². The van der Waals surface area contributed by atoms with E-state index in [4.69, 9.17) is 9.97 Å². The second kappa shape index (κ2) is 11.6. The lowest BCUT2D eigenvalue weighted by atomic mass is 9.67. The predicted molar refractivity (Wildman–Crippen MR) is 146 cm³/mol. The van der Waals surface area contributed by atoms with Crippen molar-refractivity contribution in [1.29, 1.82) is 0 Å². The topological polar surface area (TPSA) is 32.3 Å². The van der Waals surface area contributed by atoms with Gasteiger partial charge in [0, 0.05) is 31.4 Å². The molecule has 0 bridgehead atoms. The SMILES string of the molecule is Cc1cc(CCN2CCC(C)C2)ccc1-c1cnc(CCC2CCN(CC3(C(F)(F)F)CCC3)CC2)cn1.